The number of ether oxygens (including phenoxy) is 2. The Morgan fingerprint density at radius 2 is 1.86 bits per heavy atom. The van der Waals surface area contributed by atoms with Crippen molar-refractivity contribution in [2.75, 3.05) is 14.2 Å². The minimum Gasteiger partial charge on any atom is -0.479 e. The molecule has 0 bridgehead atoms. The molecule has 0 aliphatic carbocycles. The summed E-state index contributed by atoms with van der Waals surface area (Å²) in [4.78, 5) is 13.4. The summed E-state index contributed by atoms with van der Waals surface area (Å²) < 4.78 is 55.8. The van der Waals surface area contributed by atoms with Gasteiger partial charge in [-0.15, -0.1) is 5.10 Å². The van der Waals surface area contributed by atoms with E-state index in [0.717, 1.165) is 11.8 Å². The molecule has 0 fully saturated rings. The van der Waals surface area contributed by atoms with Crippen molar-refractivity contribution in [3.8, 4) is 23.1 Å². The van der Waals surface area contributed by atoms with Crippen LogP contribution in [-0.4, -0.2) is 49.6 Å². The molecule has 0 radical (unpaired) electrons. The van der Waals surface area contributed by atoms with Crippen LogP contribution in [0.2, 0.25) is 0 Å². The van der Waals surface area contributed by atoms with Crippen LogP contribution in [0.1, 0.15) is 35.0 Å². The van der Waals surface area contributed by atoms with Crippen LogP contribution in [0, 0.1) is 6.92 Å². The number of halogens is 3. The molecule has 1 aliphatic heterocycles. The predicted molar refractivity (Wildman–Crippen MR) is 120 cm³/mol. The van der Waals surface area contributed by atoms with E-state index in [1.165, 1.54) is 19.2 Å². The second-order valence-electron chi connectivity index (χ2n) is 8.35. The Labute approximate surface area is 199 Å². The maximum absolute atomic E-state index is 13.8. The van der Waals surface area contributed by atoms with Crippen molar-refractivity contribution in [3.63, 3.8) is 0 Å². The number of imidazole rings is 1. The summed E-state index contributed by atoms with van der Waals surface area (Å²) in [6.07, 6.45) is -0.925. The van der Waals surface area contributed by atoms with Gasteiger partial charge in [0.05, 0.1) is 37.3 Å². The molecule has 35 heavy (non-hydrogen) atoms. The molecule has 1 aliphatic rings. The number of benzene rings is 1. The number of aryl methyl sites for hydroxylation is 1. The molecule has 182 valence electrons. The van der Waals surface area contributed by atoms with Crippen molar-refractivity contribution >= 4 is 0 Å². The highest BCUT2D eigenvalue weighted by molar-refractivity contribution is 5.55. The van der Waals surface area contributed by atoms with E-state index in [4.69, 9.17) is 9.47 Å². The number of pyridine rings is 1. The van der Waals surface area contributed by atoms with Crippen LogP contribution >= 0.6 is 0 Å². The van der Waals surface area contributed by atoms with Crippen LogP contribution in [0.25, 0.3) is 17.2 Å². The van der Waals surface area contributed by atoms with Crippen LogP contribution in [-0.2, 0) is 17.5 Å². The summed E-state index contributed by atoms with van der Waals surface area (Å²) in [6.45, 7) is 2.26. The van der Waals surface area contributed by atoms with Crippen molar-refractivity contribution in [1.29, 1.82) is 0 Å². The molecule has 0 saturated carbocycles. The van der Waals surface area contributed by atoms with E-state index in [1.54, 1.807) is 34.8 Å². The highest BCUT2D eigenvalue weighted by Gasteiger charge is 2.39. The Bertz CT molecular complexity index is 1360. The molecular weight excluding hydrogens is 461 g/mol. The van der Waals surface area contributed by atoms with Crippen molar-refractivity contribution in [2.24, 2.45) is 0 Å². The normalized spacial score (nSPS) is 17.9. The quantitative estimate of drug-likeness (QED) is 0.418. The first kappa shape index (κ1) is 23.0. The Kier molecular flexibility index (Phi) is 5.79. The highest BCUT2D eigenvalue weighted by Crippen LogP contribution is 2.41. The van der Waals surface area contributed by atoms with Crippen LogP contribution in [0.5, 0.6) is 5.88 Å². The number of methoxy groups -OCH3 is 2. The lowest BCUT2D eigenvalue weighted by Crippen LogP contribution is -2.31. The Balaban J connectivity index is 1.58. The first-order valence-corrected chi connectivity index (χ1v) is 11.0. The van der Waals surface area contributed by atoms with E-state index in [0.29, 0.717) is 41.9 Å². The molecule has 2 atom stereocenters. The van der Waals surface area contributed by atoms with Gasteiger partial charge in [0.15, 0.2) is 5.82 Å². The number of rotatable bonds is 5. The average molecular weight is 484 g/mol. The number of nitrogens with zero attached hydrogens (tertiary/aromatic N) is 6. The zero-order valence-electron chi connectivity index (χ0n) is 19.3. The third-order valence-corrected chi connectivity index (χ3v) is 6.11. The molecule has 1 aromatic carbocycles. The van der Waals surface area contributed by atoms with Crippen molar-refractivity contribution in [1.82, 2.24) is 29.3 Å². The molecule has 5 rings (SSSR count). The molecule has 11 heteroatoms. The Hall–Kier alpha value is -3.73. The van der Waals surface area contributed by atoms with E-state index in [1.807, 2.05) is 19.2 Å². The van der Waals surface area contributed by atoms with Gasteiger partial charge in [-0.25, -0.2) is 19.6 Å². The SMILES string of the molecule is COc1nc(-c2nc3n(n2)C[C@H](OC)C[C@H]3c2ccccc2C(F)(F)F)ccc1-n1cnc(C)c1. The standard InChI is InChI=1S/C24H23F3N6O2/c1-14-11-32(13-28-14)20-9-8-19(29-23(20)35-3)21-30-22-17(10-15(34-2)12-33(22)31-21)16-6-4-5-7-18(16)24(25,26)27/h4-9,11,13,15,17H,10,12H2,1-3H3/t15-,17+/m1/s1. The second kappa shape index (κ2) is 8.81. The number of hydrogen-bond donors (Lipinski definition) is 0. The number of alkyl halides is 3. The van der Waals surface area contributed by atoms with Gasteiger partial charge in [-0.05, 0) is 37.1 Å². The highest BCUT2D eigenvalue weighted by atomic mass is 19.4. The van der Waals surface area contributed by atoms with Gasteiger partial charge in [-0.3, -0.25) is 0 Å². The lowest BCUT2D eigenvalue weighted by molar-refractivity contribution is -0.138. The zero-order chi connectivity index (χ0) is 24.7. The first-order chi connectivity index (χ1) is 16.8. The van der Waals surface area contributed by atoms with Crippen molar-refractivity contribution < 1.29 is 22.6 Å². The summed E-state index contributed by atoms with van der Waals surface area (Å²) in [5.74, 6) is 0.460. The van der Waals surface area contributed by atoms with Gasteiger partial charge in [-0.2, -0.15) is 13.2 Å². The molecule has 8 nitrogen and oxygen atoms in total. The molecule has 3 aromatic heterocycles. The van der Waals surface area contributed by atoms with Crippen LogP contribution < -0.4 is 4.74 Å². The van der Waals surface area contributed by atoms with Gasteiger partial charge in [0.2, 0.25) is 5.88 Å². The van der Waals surface area contributed by atoms with Gasteiger partial charge < -0.3 is 14.0 Å². The van der Waals surface area contributed by atoms with E-state index in [-0.39, 0.29) is 11.7 Å². The van der Waals surface area contributed by atoms with Crippen molar-refractivity contribution in [2.45, 2.75) is 38.1 Å². The molecule has 4 heterocycles. The van der Waals surface area contributed by atoms with Crippen molar-refractivity contribution in [3.05, 3.63) is 71.6 Å². The summed E-state index contributed by atoms with van der Waals surface area (Å²) in [5.41, 5.74) is 1.45. The van der Waals surface area contributed by atoms with E-state index in [2.05, 4.69) is 20.1 Å². The van der Waals surface area contributed by atoms with E-state index < -0.39 is 17.7 Å². The number of aromatic nitrogens is 6. The van der Waals surface area contributed by atoms with Gasteiger partial charge in [0, 0.05) is 19.2 Å². The Morgan fingerprint density at radius 1 is 1.06 bits per heavy atom. The van der Waals surface area contributed by atoms with Gasteiger partial charge in [-0.1, -0.05) is 18.2 Å². The van der Waals surface area contributed by atoms with Crippen LogP contribution in [0.15, 0.2) is 48.9 Å². The Morgan fingerprint density at radius 3 is 2.54 bits per heavy atom. The van der Waals surface area contributed by atoms with Crippen LogP contribution in [0.3, 0.4) is 0 Å². The predicted octanol–water partition coefficient (Wildman–Crippen LogP) is 4.41. The summed E-state index contributed by atoms with van der Waals surface area (Å²) >= 11 is 0. The van der Waals surface area contributed by atoms with Gasteiger partial charge in [0.1, 0.15) is 17.2 Å². The summed E-state index contributed by atoms with van der Waals surface area (Å²) in [7, 11) is 3.06. The fourth-order valence-electron chi connectivity index (χ4n) is 4.44. The number of fused-ring (bicyclic) bond motifs is 1. The smallest absolute Gasteiger partial charge is 0.416 e. The molecule has 0 N–H and O–H groups in total. The summed E-state index contributed by atoms with van der Waals surface area (Å²) in [6, 6.07) is 9.14. The second-order valence-corrected chi connectivity index (χ2v) is 8.35. The molecule has 4 aromatic rings. The fourth-order valence-corrected chi connectivity index (χ4v) is 4.44. The zero-order valence-corrected chi connectivity index (χ0v) is 19.3. The van der Waals surface area contributed by atoms with E-state index >= 15 is 0 Å². The molecule has 0 unspecified atom stereocenters. The number of hydrogen-bond acceptors (Lipinski definition) is 6. The van der Waals surface area contributed by atoms with Gasteiger partial charge >= 0.3 is 6.18 Å². The minimum absolute atomic E-state index is 0.151. The molecule has 0 spiro atoms. The molecular formula is C24H23F3N6O2. The molecule has 0 saturated heterocycles. The third kappa shape index (κ3) is 4.27. The topological polar surface area (TPSA) is 79.9 Å². The lowest BCUT2D eigenvalue weighted by Gasteiger charge is -2.30. The van der Waals surface area contributed by atoms with Crippen LogP contribution in [0.4, 0.5) is 13.2 Å². The van der Waals surface area contributed by atoms with E-state index in [9.17, 15) is 13.2 Å². The van der Waals surface area contributed by atoms with Gasteiger partial charge in [0.25, 0.3) is 0 Å². The summed E-state index contributed by atoms with van der Waals surface area (Å²) in [5, 5.41) is 4.58. The maximum atomic E-state index is 13.8. The third-order valence-electron chi connectivity index (χ3n) is 6.11. The largest absolute Gasteiger partial charge is 0.479 e. The molecule has 0 amide bonds. The monoisotopic (exact) mass is 484 g/mol. The first-order valence-electron chi connectivity index (χ1n) is 11.0. The fraction of sp³-hybridized carbons (Fsp3) is 0.333. The lowest BCUT2D eigenvalue weighted by atomic mass is 9.86. The minimum atomic E-state index is -4.49. The maximum Gasteiger partial charge on any atom is 0.416 e. The average Bonchev–Trinajstić information content (AvgIpc) is 3.48.